The number of pyridine rings is 1. The Morgan fingerprint density at radius 3 is 2.27 bits per heavy atom. The Morgan fingerprint density at radius 2 is 1.63 bits per heavy atom. The van der Waals surface area contributed by atoms with Gasteiger partial charge in [-0.05, 0) is 73.4 Å². The molecule has 6 heteroatoms. The van der Waals surface area contributed by atoms with E-state index in [0.717, 1.165) is 30.0 Å². The van der Waals surface area contributed by atoms with E-state index in [0.29, 0.717) is 10.6 Å². The van der Waals surface area contributed by atoms with Crippen molar-refractivity contribution in [3.63, 3.8) is 0 Å². The SMILES string of the molecule is O=C(c1cccnc1)N(O)Cc1ccc(Nc2ccc(N3CCCCC3)cc2)cc1. The van der Waals surface area contributed by atoms with Gasteiger partial charge in [0.1, 0.15) is 0 Å². The van der Waals surface area contributed by atoms with Gasteiger partial charge >= 0.3 is 0 Å². The van der Waals surface area contributed by atoms with Crippen LogP contribution in [-0.2, 0) is 6.54 Å². The lowest BCUT2D eigenvalue weighted by atomic mass is 10.1. The molecule has 6 nitrogen and oxygen atoms in total. The van der Waals surface area contributed by atoms with Gasteiger partial charge in [0.15, 0.2) is 0 Å². The maximum Gasteiger partial charge on any atom is 0.279 e. The van der Waals surface area contributed by atoms with E-state index in [1.165, 1.54) is 31.1 Å². The number of nitrogens with zero attached hydrogens (tertiary/aromatic N) is 3. The van der Waals surface area contributed by atoms with E-state index in [9.17, 15) is 10.0 Å². The van der Waals surface area contributed by atoms with Crippen LogP contribution in [0.3, 0.4) is 0 Å². The number of carbonyl (C=O) groups is 1. The van der Waals surface area contributed by atoms with E-state index in [2.05, 4.69) is 39.5 Å². The maximum atomic E-state index is 12.2. The molecule has 154 valence electrons. The van der Waals surface area contributed by atoms with E-state index in [4.69, 9.17) is 0 Å². The summed E-state index contributed by atoms with van der Waals surface area (Å²) in [6.45, 7) is 2.39. The van der Waals surface area contributed by atoms with Gasteiger partial charge in [0.2, 0.25) is 0 Å². The quantitative estimate of drug-likeness (QED) is 0.456. The van der Waals surface area contributed by atoms with E-state index in [-0.39, 0.29) is 6.54 Å². The molecule has 0 radical (unpaired) electrons. The smallest absolute Gasteiger partial charge is 0.279 e. The predicted octanol–water partition coefficient (Wildman–Crippen LogP) is 4.85. The molecule has 4 rings (SSSR count). The summed E-state index contributed by atoms with van der Waals surface area (Å²) in [6.07, 6.45) is 6.90. The van der Waals surface area contributed by atoms with Crippen molar-refractivity contribution in [2.24, 2.45) is 0 Å². The molecular weight excluding hydrogens is 376 g/mol. The predicted molar refractivity (Wildman–Crippen MR) is 118 cm³/mol. The molecule has 30 heavy (non-hydrogen) atoms. The van der Waals surface area contributed by atoms with Crippen molar-refractivity contribution in [2.45, 2.75) is 25.8 Å². The van der Waals surface area contributed by atoms with Crippen LogP contribution < -0.4 is 10.2 Å². The molecule has 0 saturated carbocycles. The molecule has 0 atom stereocenters. The van der Waals surface area contributed by atoms with Crippen molar-refractivity contribution in [2.75, 3.05) is 23.3 Å². The molecule has 1 aromatic heterocycles. The van der Waals surface area contributed by atoms with Crippen molar-refractivity contribution >= 4 is 23.0 Å². The first-order valence-electron chi connectivity index (χ1n) is 10.3. The van der Waals surface area contributed by atoms with E-state index in [1.807, 2.05) is 24.3 Å². The summed E-state index contributed by atoms with van der Waals surface area (Å²) in [5, 5.41) is 14.2. The Kier molecular flexibility index (Phi) is 6.25. The normalized spacial score (nSPS) is 13.7. The maximum absolute atomic E-state index is 12.2. The standard InChI is InChI=1S/C24H26N4O2/c29-24(20-5-4-14-25-17-20)28(30)18-19-6-8-21(9-7-19)26-22-10-12-23(13-11-22)27-15-2-1-3-16-27/h4-14,17,26,30H,1-3,15-16,18H2. The topological polar surface area (TPSA) is 68.7 Å². The number of hydrogen-bond donors (Lipinski definition) is 2. The number of aromatic nitrogens is 1. The molecule has 2 N–H and O–H groups in total. The Hall–Kier alpha value is -3.38. The highest BCUT2D eigenvalue weighted by Crippen LogP contribution is 2.24. The second kappa shape index (κ2) is 9.41. The molecule has 0 unspecified atom stereocenters. The largest absolute Gasteiger partial charge is 0.372 e. The van der Waals surface area contributed by atoms with Crippen LogP contribution in [0.4, 0.5) is 17.1 Å². The zero-order chi connectivity index (χ0) is 20.8. The molecule has 2 heterocycles. The highest BCUT2D eigenvalue weighted by Gasteiger charge is 2.14. The third-order valence-corrected chi connectivity index (χ3v) is 5.31. The van der Waals surface area contributed by atoms with Gasteiger partial charge in [-0.3, -0.25) is 15.0 Å². The van der Waals surface area contributed by atoms with Gasteiger partial charge in [0, 0.05) is 42.5 Å². The molecule has 0 aliphatic carbocycles. The van der Waals surface area contributed by atoms with Gasteiger partial charge < -0.3 is 10.2 Å². The number of anilines is 3. The first kappa shape index (κ1) is 19.9. The van der Waals surface area contributed by atoms with Crippen LogP contribution in [0.5, 0.6) is 0 Å². The highest BCUT2D eigenvalue weighted by molar-refractivity contribution is 5.93. The summed E-state index contributed by atoms with van der Waals surface area (Å²) in [7, 11) is 0. The number of rotatable bonds is 6. The van der Waals surface area contributed by atoms with Gasteiger partial charge in [-0.1, -0.05) is 12.1 Å². The molecule has 3 aromatic rings. The Labute approximate surface area is 176 Å². The van der Waals surface area contributed by atoms with E-state index >= 15 is 0 Å². The number of hydroxylamine groups is 2. The average molecular weight is 402 g/mol. The van der Waals surface area contributed by atoms with Crippen LogP contribution in [0.15, 0.2) is 73.1 Å². The number of piperidine rings is 1. The zero-order valence-electron chi connectivity index (χ0n) is 16.9. The Balaban J connectivity index is 1.34. The van der Waals surface area contributed by atoms with Gasteiger partial charge in [-0.2, -0.15) is 0 Å². The third kappa shape index (κ3) is 4.96. The molecular formula is C24H26N4O2. The van der Waals surface area contributed by atoms with Crippen LogP contribution in [0.2, 0.25) is 0 Å². The van der Waals surface area contributed by atoms with Crippen LogP contribution >= 0.6 is 0 Å². The average Bonchev–Trinajstić information content (AvgIpc) is 2.81. The first-order chi connectivity index (χ1) is 14.7. The van der Waals surface area contributed by atoms with Crippen molar-refractivity contribution in [3.05, 3.63) is 84.2 Å². The minimum atomic E-state index is -0.473. The van der Waals surface area contributed by atoms with Gasteiger partial charge in [0.05, 0.1) is 12.1 Å². The minimum Gasteiger partial charge on any atom is -0.372 e. The molecule has 0 spiro atoms. The summed E-state index contributed by atoms with van der Waals surface area (Å²) in [5.74, 6) is -0.473. The number of carbonyl (C=O) groups excluding carboxylic acids is 1. The molecule has 1 saturated heterocycles. The fourth-order valence-corrected chi connectivity index (χ4v) is 3.65. The molecule has 1 fully saturated rings. The van der Waals surface area contributed by atoms with Crippen molar-refractivity contribution < 1.29 is 10.0 Å². The summed E-state index contributed by atoms with van der Waals surface area (Å²) in [4.78, 5) is 18.6. The summed E-state index contributed by atoms with van der Waals surface area (Å²) in [5.41, 5.74) is 4.44. The van der Waals surface area contributed by atoms with Crippen LogP contribution in [0, 0.1) is 0 Å². The fourth-order valence-electron chi connectivity index (χ4n) is 3.65. The lowest BCUT2D eigenvalue weighted by Crippen LogP contribution is -2.29. The second-order valence-corrected chi connectivity index (χ2v) is 7.52. The summed E-state index contributed by atoms with van der Waals surface area (Å²) in [6, 6.07) is 19.5. The highest BCUT2D eigenvalue weighted by atomic mass is 16.5. The monoisotopic (exact) mass is 402 g/mol. The third-order valence-electron chi connectivity index (χ3n) is 5.31. The molecule has 1 aliphatic heterocycles. The van der Waals surface area contributed by atoms with Crippen molar-refractivity contribution in [1.82, 2.24) is 10.0 Å². The van der Waals surface area contributed by atoms with Crippen LogP contribution in [0.25, 0.3) is 0 Å². The molecule has 2 aromatic carbocycles. The van der Waals surface area contributed by atoms with Crippen molar-refractivity contribution in [3.8, 4) is 0 Å². The summed E-state index contributed by atoms with van der Waals surface area (Å²) < 4.78 is 0. The number of benzene rings is 2. The lowest BCUT2D eigenvalue weighted by Gasteiger charge is -2.28. The van der Waals surface area contributed by atoms with E-state index < -0.39 is 5.91 Å². The second-order valence-electron chi connectivity index (χ2n) is 7.52. The van der Waals surface area contributed by atoms with Gasteiger partial charge in [-0.15, -0.1) is 0 Å². The Bertz CT molecular complexity index is 953. The van der Waals surface area contributed by atoms with Crippen molar-refractivity contribution in [1.29, 1.82) is 0 Å². The molecule has 0 bridgehead atoms. The van der Waals surface area contributed by atoms with Gasteiger partial charge in [-0.25, -0.2) is 5.06 Å². The van der Waals surface area contributed by atoms with Gasteiger partial charge in [0.25, 0.3) is 5.91 Å². The van der Waals surface area contributed by atoms with Crippen LogP contribution in [-0.4, -0.2) is 34.3 Å². The molecule has 1 amide bonds. The fraction of sp³-hybridized carbons (Fsp3) is 0.250. The summed E-state index contributed by atoms with van der Waals surface area (Å²) >= 11 is 0. The number of nitrogens with one attached hydrogen (secondary N) is 1. The lowest BCUT2D eigenvalue weighted by molar-refractivity contribution is -0.0648. The zero-order valence-corrected chi connectivity index (χ0v) is 16.9. The molecule has 1 aliphatic rings. The Morgan fingerprint density at radius 1 is 0.967 bits per heavy atom. The van der Waals surface area contributed by atoms with Crippen LogP contribution in [0.1, 0.15) is 35.2 Å². The first-order valence-corrected chi connectivity index (χ1v) is 10.3. The minimum absolute atomic E-state index is 0.110. The number of amides is 1. The van der Waals surface area contributed by atoms with E-state index in [1.54, 1.807) is 18.3 Å². The number of hydrogen-bond acceptors (Lipinski definition) is 5.